The standard InChI is InChI=1S/C17H22N2O3/c1-2-3-4-5-12-18-17(22)13-6-8-14(9-7-13)19-15(20)10-11-16(19)21/h6-9H,2-5,10-12H2,1H3,(H,18,22). The number of rotatable bonds is 7. The summed E-state index contributed by atoms with van der Waals surface area (Å²) in [5, 5.41) is 2.88. The zero-order chi connectivity index (χ0) is 15.9. The van der Waals surface area contributed by atoms with Crippen LogP contribution in [0.4, 0.5) is 5.69 Å². The Kier molecular flexibility index (Phi) is 5.69. The van der Waals surface area contributed by atoms with Crippen molar-refractivity contribution in [2.45, 2.75) is 45.4 Å². The Labute approximate surface area is 130 Å². The molecule has 0 spiro atoms. The average molecular weight is 302 g/mol. The third-order valence-corrected chi connectivity index (χ3v) is 3.76. The molecule has 1 aliphatic rings. The van der Waals surface area contributed by atoms with Crippen molar-refractivity contribution < 1.29 is 14.4 Å². The quantitative estimate of drug-likeness (QED) is 0.622. The fourth-order valence-electron chi connectivity index (χ4n) is 2.48. The molecule has 5 heteroatoms. The highest BCUT2D eigenvalue weighted by atomic mass is 16.2. The van der Waals surface area contributed by atoms with Gasteiger partial charge in [-0.25, -0.2) is 0 Å². The molecule has 2 rings (SSSR count). The van der Waals surface area contributed by atoms with Crippen molar-refractivity contribution in [3.05, 3.63) is 29.8 Å². The monoisotopic (exact) mass is 302 g/mol. The lowest BCUT2D eigenvalue weighted by atomic mass is 10.1. The number of nitrogens with one attached hydrogen (secondary N) is 1. The first-order chi connectivity index (χ1) is 10.6. The van der Waals surface area contributed by atoms with Crippen LogP contribution in [0.15, 0.2) is 24.3 Å². The third kappa shape index (κ3) is 3.93. The maximum Gasteiger partial charge on any atom is 0.251 e. The molecule has 1 fully saturated rings. The zero-order valence-electron chi connectivity index (χ0n) is 12.9. The van der Waals surface area contributed by atoms with E-state index >= 15 is 0 Å². The Bertz CT molecular complexity index is 536. The summed E-state index contributed by atoms with van der Waals surface area (Å²) in [6, 6.07) is 6.59. The predicted molar refractivity (Wildman–Crippen MR) is 84.6 cm³/mol. The Morgan fingerprint density at radius 2 is 1.68 bits per heavy atom. The van der Waals surface area contributed by atoms with Gasteiger partial charge in [0.1, 0.15) is 0 Å². The van der Waals surface area contributed by atoms with E-state index in [0.717, 1.165) is 12.8 Å². The summed E-state index contributed by atoms with van der Waals surface area (Å²) in [5.41, 5.74) is 1.07. The molecule has 22 heavy (non-hydrogen) atoms. The number of nitrogens with zero attached hydrogens (tertiary/aromatic N) is 1. The van der Waals surface area contributed by atoms with Gasteiger partial charge in [0.2, 0.25) is 11.8 Å². The lowest BCUT2D eigenvalue weighted by Gasteiger charge is -2.14. The zero-order valence-corrected chi connectivity index (χ0v) is 12.9. The van der Waals surface area contributed by atoms with E-state index < -0.39 is 0 Å². The van der Waals surface area contributed by atoms with Gasteiger partial charge in [-0.2, -0.15) is 0 Å². The number of hydrogen-bond acceptors (Lipinski definition) is 3. The molecular formula is C17H22N2O3. The molecule has 118 valence electrons. The minimum Gasteiger partial charge on any atom is -0.352 e. The van der Waals surface area contributed by atoms with Crippen molar-refractivity contribution in [1.29, 1.82) is 0 Å². The van der Waals surface area contributed by atoms with Crippen LogP contribution in [0.1, 0.15) is 55.8 Å². The molecule has 0 saturated carbocycles. The number of unbranched alkanes of at least 4 members (excludes halogenated alkanes) is 3. The summed E-state index contributed by atoms with van der Waals surface area (Å²) in [4.78, 5) is 36.5. The molecular weight excluding hydrogens is 280 g/mol. The highest BCUT2D eigenvalue weighted by Gasteiger charge is 2.30. The van der Waals surface area contributed by atoms with Gasteiger partial charge in [-0.05, 0) is 30.7 Å². The number of hydrogen-bond donors (Lipinski definition) is 1. The predicted octanol–water partition coefficient (Wildman–Crippen LogP) is 2.65. The summed E-state index contributed by atoms with van der Waals surface area (Å²) < 4.78 is 0. The molecule has 1 N–H and O–H groups in total. The molecule has 1 aliphatic heterocycles. The molecule has 3 amide bonds. The van der Waals surface area contributed by atoms with Gasteiger partial charge in [-0.1, -0.05) is 26.2 Å². The second-order valence-corrected chi connectivity index (χ2v) is 5.49. The molecule has 1 aromatic rings. The summed E-state index contributed by atoms with van der Waals surface area (Å²) in [7, 11) is 0. The largest absolute Gasteiger partial charge is 0.352 e. The van der Waals surface area contributed by atoms with E-state index in [2.05, 4.69) is 12.2 Å². The van der Waals surface area contributed by atoms with E-state index in [1.165, 1.54) is 17.7 Å². The highest BCUT2D eigenvalue weighted by Crippen LogP contribution is 2.22. The Hall–Kier alpha value is -2.17. The molecule has 1 heterocycles. The van der Waals surface area contributed by atoms with E-state index in [1.54, 1.807) is 24.3 Å². The SMILES string of the molecule is CCCCCCNC(=O)c1ccc(N2C(=O)CCC2=O)cc1. The summed E-state index contributed by atoms with van der Waals surface area (Å²) in [6.07, 6.45) is 4.98. The van der Waals surface area contributed by atoms with Gasteiger partial charge in [0.25, 0.3) is 5.91 Å². The number of carbonyl (C=O) groups is 3. The van der Waals surface area contributed by atoms with Crippen LogP contribution in [0.25, 0.3) is 0 Å². The molecule has 1 aromatic carbocycles. The molecule has 0 atom stereocenters. The second kappa shape index (κ2) is 7.73. The van der Waals surface area contributed by atoms with Crippen LogP contribution in [-0.4, -0.2) is 24.3 Å². The van der Waals surface area contributed by atoms with Gasteiger partial charge in [0.05, 0.1) is 5.69 Å². The second-order valence-electron chi connectivity index (χ2n) is 5.49. The van der Waals surface area contributed by atoms with Crippen molar-refractivity contribution in [2.75, 3.05) is 11.4 Å². The fraction of sp³-hybridized carbons (Fsp3) is 0.471. The van der Waals surface area contributed by atoms with Crippen LogP contribution in [0.2, 0.25) is 0 Å². The minimum absolute atomic E-state index is 0.123. The van der Waals surface area contributed by atoms with Gasteiger partial charge in [-0.3, -0.25) is 19.3 Å². The van der Waals surface area contributed by atoms with E-state index in [4.69, 9.17) is 0 Å². The van der Waals surface area contributed by atoms with Crippen molar-refractivity contribution in [3.8, 4) is 0 Å². The molecule has 0 unspecified atom stereocenters. The molecule has 0 bridgehead atoms. The maximum atomic E-state index is 12.0. The Balaban J connectivity index is 1.90. The van der Waals surface area contributed by atoms with Crippen LogP contribution in [0.3, 0.4) is 0 Å². The molecule has 0 aromatic heterocycles. The summed E-state index contributed by atoms with van der Waals surface area (Å²) in [6.45, 7) is 2.82. The smallest absolute Gasteiger partial charge is 0.251 e. The van der Waals surface area contributed by atoms with Crippen molar-refractivity contribution in [2.24, 2.45) is 0 Å². The topological polar surface area (TPSA) is 66.5 Å². The first-order valence-corrected chi connectivity index (χ1v) is 7.87. The lowest BCUT2D eigenvalue weighted by Crippen LogP contribution is -2.28. The number of anilines is 1. The number of amides is 3. The lowest BCUT2D eigenvalue weighted by molar-refractivity contribution is -0.121. The van der Waals surface area contributed by atoms with Gasteiger partial charge in [0, 0.05) is 24.9 Å². The van der Waals surface area contributed by atoms with E-state index in [0.29, 0.717) is 17.8 Å². The molecule has 0 aliphatic carbocycles. The van der Waals surface area contributed by atoms with Gasteiger partial charge in [0.15, 0.2) is 0 Å². The minimum atomic E-state index is -0.182. The normalized spacial score (nSPS) is 14.5. The van der Waals surface area contributed by atoms with Crippen LogP contribution in [0.5, 0.6) is 0 Å². The van der Waals surface area contributed by atoms with Crippen molar-refractivity contribution in [1.82, 2.24) is 5.32 Å². The number of carbonyl (C=O) groups excluding carboxylic acids is 3. The summed E-state index contributed by atoms with van der Waals surface area (Å²) in [5.74, 6) is -0.488. The van der Waals surface area contributed by atoms with E-state index in [-0.39, 0.29) is 30.6 Å². The number of benzene rings is 1. The van der Waals surface area contributed by atoms with Crippen LogP contribution < -0.4 is 10.2 Å². The van der Waals surface area contributed by atoms with Crippen molar-refractivity contribution >= 4 is 23.4 Å². The van der Waals surface area contributed by atoms with Gasteiger partial charge < -0.3 is 5.32 Å². The fourth-order valence-corrected chi connectivity index (χ4v) is 2.48. The Morgan fingerprint density at radius 1 is 1.05 bits per heavy atom. The van der Waals surface area contributed by atoms with Gasteiger partial charge >= 0.3 is 0 Å². The van der Waals surface area contributed by atoms with Crippen molar-refractivity contribution in [3.63, 3.8) is 0 Å². The Morgan fingerprint density at radius 3 is 2.27 bits per heavy atom. The van der Waals surface area contributed by atoms with Crippen LogP contribution in [-0.2, 0) is 9.59 Å². The molecule has 0 radical (unpaired) electrons. The van der Waals surface area contributed by atoms with Gasteiger partial charge in [-0.15, -0.1) is 0 Å². The maximum absolute atomic E-state index is 12.0. The average Bonchev–Trinajstić information content (AvgIpc) is 2.86. The third-order valence-electron chi connectivity index (χ3n) is 3.76. The van der Waals surface area contributed by atoms with Crippen LogP contribution in [0, 0.1) is 0 Å². The van der Waals surface area contributed by atoms with E-state index in [1.807, 2.05) is 0 Å². The highest BCUT2D eigenvalue weighted by molar-refractivity contribution is 6.19. The van der Waals surface area contributed by atoms with Crippen LogP contribution >= 0.6 is 0 Å². The molecule has 5 nitrogen and oxygen atoms in total. The first kappa shape index (κ1) is 16.2. The summed E-state index contributed by atoms with van der Waals surface area (Å²) >= 11 is 0. The number of imide groups is 1. The first-order valence-electron chi connectivity index (χ1n) is 7.87. The van der Waals surface area contributed by atoms with E-state index in [9.17, 15) is 14.4 Å². The molecule has 1 saturated heterocycles.